The van der Waals surface area contributed by atoms with Crippen LogP contribution in [0.25, 0.3) is 0 Å². The zero-order valence-electron chi connectivity index (χ0n) is 12.5. The fourth-order valence-corrected chi connectivity index (χ4v) is 3.06. The van der Waals surface area contributed by atoms with E-state index in [9.17, 15) is 5.11 Å². The lowest BCUT2D eigenvalue weighted by Gasteiger charge is -2.31. The van der Waals surface area contributed by atoms with Gasteiger partial charge in [-0.05, 0) is 36.5 Å². The number of hydrogen-bond acceptors (Lipinski definition) is 1. The van der Waals surface area contributed by atoms with Crippen LogP contribution in [0.5, 0.6) is 0 Å². The average Bonchev–Trinajstić information content (AvgIpc) is 2.43. The van der Waals surface area contributed by atoms with Crippen molar-refractivity contribution in [3.63, 3.8) is 0 Å². The monoisotopic (exact) mass is 326 g/mol. The van der Waals surface area contributed by atoms with E-state index in [0.717, 1.165) is 29.3 Å². The van der Waals surface area contributed by atoms with Crippen LogP contribution >= 0.6 is 15.9 Å². The summed E-state index contributed by atoms with van der Waals surface area (Å²) in [4.78, 5) is 0. The first-order valence-electron chi connectivity index (χ1n) is 7.54. The summed E-state index contributed by atoms with van der Waals surface area (Å²) >= 11 is 3.50. The van der Waals surface area contributed by atoms with Crippen LogP contribution in [-0.2, 0) is 5.60 Å². The van der Waals surface area contributed by atoms with E-state index in [1.807, 2.05) is 18.2 Å². The lowest BCUT2D eigenvalue weighted by molar-refractivity contribution is 0.00473. The van der Waals surface area contributed by atoms with Gasteiger partial charge in [0, 0.05) is 4.47 Å². The maximum Gasteiger partial charge on any atom is 0.0897 e. The van der Waals surface area contributed by atoms with Crippen LogP contribution in [0.4, 0.5) is 0 Å². The molecule has 0 amide bonds. The van der Waals surface area contributed by atoms with Crippen LogP contribution in [0.15, 0.2) is 28.7 Å². The Balaban J connectivity index is 2.84. The third kappa shape index (κ3) is 4.92. The van der Waals surface area contributed by atoms with E-state index in [2.05, 4.69) is 42.8 Å². The maximum absolute atomic E-state index is 11.0. The summed E-state index contributed by atoms with van der Waals surface area (Å²) < 4.78 is 1.04. The van der Waals surface area contributed by atoms with Gasteiger partial charge in [-0.3, -0.25) is 0 Å². The number of unbranched alkanes of at least 4 members (excludes halogenated alkanes) is 1. The fraction of sp³-hybridized carbons (Fsp3) is 0.647. The number of halogens is 1. The molecule has 2 heteroatoms. The topological polar surface area (TPSA) is 20.2 Å². The largest absolute Gasteiger partial charge is 0.385 e. The Bertz CT molecular complexity index is 377. The summed E-state index contributed by atoms with van der Waals surface area (Å²) in [5.41, 5.74) is 0.359. The van der Waals surface area contributed by atoms with Crippen molar-refractivity contribution < 1.29 is 5.11 Å². The zero-order valence-corrected chi connectivity index (χ0v) is 14.0. The summed E-state index contributed by atoms with van der Waals surface area (Å²) in [5.74, 6) is 0.615. The van der Waals surface area contributed by atoms with Crippen molar-refractivity contribution in [1.82, 2.24) is 0 Å². The summed E-state index contributed by atoms with van der Waals surface area (Å²) in [5, 5.41) is 11.0. The molecule has 1 N–H and O–H groups in total. The molecule has 0 spiro atoms. The Kier molecular flexibility index (Phi) is 7.09. The van der Waals surface area contributed by atoms with Crippen molar-refractivity contribution >= 4 is 15.9 Å². The second kappa shape index (κ2) is 8.06. The minimum absolute atomic E-state index is 0.615. The van der Waals surface area contributed by atoms with Gasteiger partial charge in [-0.2, -0.15) is 0 Å². The lowest BCUT2D eigenvalue weighted by atomic mass is 9.80. The lowest BCUT2D eigenvalue weighted by Crippen LogP contribution is -2.28. The van der Waals surface area contributed by atoms with Gasteiger partial charge in [-0.15, -0.1) is 0 Å². The van der Waals surface area contributed by atoms with E-state index in [4.69, 9.17) is 0 Å². The molecule has 1 aromatic carbocycles. The molecular formula is C17H27BrO. The number of hydrogen-bond donors (Lipinski definition) is 1. The Labute approximate surface area is 126 Å². The van der Waals surface area contributed by atoms with Crippen molar-refractivity contribution in [2.45, 2.75) is 64.9 Å². The van der Waals surface area contributed by atoms with Gasteiger partial charge in [0.1, 0.15) is 0 Å². The van der Waals surface area contributed by atoms with Crippen molar-refractivity contribution in [2.75, 3.05) is 0 Å². The highest BCUT2D eigenvalue weighted by atomic mass is 79.9. The zero-order chi connectivity index (χ0) is 14.3. The van der Waals surface area contributed by atoms with Crippen LogP contribution < -0.4 is 0 Å². The molecule has 0 aromatic heterocycles. The van der Waals surface area contributed by atoms with Crippen LogP contribution in [0.1, 0.15) is 64.9 Å². The molecule has 0 aliphatic rings. The molecule has 0 aliphatic heterocycles. The van der Waals surface area contributed by atoms with Gasteiger partial charge in [0.2, 0.25) is 0 Å². The molecule has 1 rings (SSSR count). The first-order valence-corrected chi connectivity index (χ1v) is 8.33. The molecule has 0 aliphatic carbocycles. The normalized spacial score (nSPS) is 16.1. The summed E-state index contributed by atoms with van der Waals surface area (Å²) in [6, 6.07) is 8.11. The second-order valence-corrected chi connectivity index (χ2v) is 6.43. The maximum atomic E-state index is 11.0. The standard InChI is InChI=1S/C17H27BrO/c1-4-7-9-14(5-2)13-17(19,6-3)15-10-8-11-16(18)12-15/h8,10-12,14,19H,4-7,9,13H2,1-3H3. The SMILES string of the molecule is CCCCC(CC)CC(O)(CC)c1cccc(Br)c1. The summed E-state index contributed by atoms with van der Waals surface area (Å²) in [6.07, 6.45) is 6.51. The van der Waals surface area contributed by atoms with E-state index in [1.54, 1.807) is 0 Å². The van der Waals surface area contributed by atoms with E-state index in [1.165, 1.54) is 19.3 Å². The van der Waals surface area contributed by atoms with Gasteiger partial charge < -0.3 is 5.11 Å². The molecule has 0 fully saturated rings. The van der Waals surface area contributed by atoms with E-state index >= 15 is 0 Å². The van der Waals surface area contributed by atoms with Gasteiger partial charge in [0.15, 0.2) is 0 Å². The van der Waals surface area contributed by atoms with Gasteiger partial charge in [0.25, 0.3) is 0 Å². The van der Waals surface area contributed by atoms with Crippen molar-refractivity contribution in [2.24, 2.45) is 5.92 Å². The predicted molar refractivity (Wildman–Crippen MR) is 86.3 cm³/mol. The van der Waals surface area contributed by atoms with E-state index in [0.29, 0.717) is 5.92 Å². The molecule has 0 heterocycles. The smallest absolute Gasteiger partial charge is 0.0897 e. The first kappa shape index (κ1) is 16.7. The molecule has 1 aromatic rings. The highest BCUT2D eigenvalue weighted by Gasteiger charge is 2.30. The Hall–Kier alpha value is -0.340. The Morgan fingerprint density at radius 2 is 2.00 bits per heavy atom. The quantitative estimate of drug-likeness (QED) is 0.654. The number of benzene rings is 1. The van der Waals surface area contributed by atoms with Gasteiger partial charge in [-0.1, -0.05) is 74.5 Å². The molecule has 0 saturated heterocycles. The third-order valence-corrected chi connectivity index (χ3v) is 4.61. The molecule has 0 radical (unpaired) electrons. The van der Waals surface area contributed by atoms with Crippen LogP contribution in [0.2, 0.25) is 0 Å². The summed E-state index contributed by atoms with van der Waals surface area (Å²) in [6.45, 7) is 6.54. The van der Waals surface area contributed by atoms with Crippen molar-refractivity contribution in [1.29, 1.82) is 0 Å². The molecule has 0 bridgehead atoms. The molecule has 0 saturated carbocycles. The molecule has 108 valence electrons. The minimum atomic E-state index is -0.682. The van der Waals surface area contributed by atoms with Crippen LogP contribution in [-0.4, -0.2) is 5.11 Å². The molecule has 2 unspecified atom stereocenters. The van der Waals surface area contributed by atoms with Crippen LogP contribution in [0.3, 0.4) is 0 Å². The molecule has 1 nitrogen and oxygen atoms in total. The minimum Gasteiger partial charge on any atom is -0.385 e. The number of rotatable bonds is 8. The third-order valence-electron chi connectivity index (χ3n) is 4.12. The van der Waals surface area contributed by atoms with Gasteiger partial charge in [-0.25, -0.2) is 0 Å². The highest BCUT2D eigenvalue weighted by Crippen LogP contribution is 2.35. The predicted octanol–water partition coefficient (Wildman–Crippen LogP) is 5.65. The highest BCUT2D eigenvalue weighted by molar-refractivity contribution is 9.10. The number of aliphatic hydroxyl groups is 1. The Morgan fingerprint density at radius 3 is 2.53 bits per heavy atom. The fourth-order valence-electron chi connectivity index (χ4n) is 2.67. The molecular weight excluding hydrogens is 300 g/mol. The first-order chi connectivity index (χ1) is 9.05. The van der Waals surface area contributed by atoms with Crippen molar-refractivity contribution in [3.8, 4) is 0 Å². The average molecular weight is 327 g/mol. The molecule has 2 atom stereocenters. The van der Waals surface area contributed by atoms with E-state index in [-0.39, 0.29) is 0 Å². The molecule has 19 heavy (non-hydrogen) atoms. The van der Waals surface area contributed by atoms with Crippen LogP contribution in [0, 0.1) is 5.92 Å². The summed E-state index contributed by atoms with van der Waals surface area (Å²) in [7, 11) is 0. The van der Waals surface area contributed by atoms with Gasteiger partial charge in [0.05, 0.1) is 5.60 Å². The van der Waals surface area contributed by atoms with Gasteiger partial charge >= 0.3 is 0 Å². The second-order valence-electron chi connectivity index (χ2n) is 5.52. The van der Waals surface area contributed by atoms with E-state index < -0.39 is 5.60 Å². The Morgan fingerprint density at radius 1 is 1.26 bits per heavy atom. The van der Waals surface area contributed by atoms with Crippen molar-refractivity contribution in [3.05, 3.63) is 34.3 Å².